The number of benzene rings is 1. The van der Waals surface area contributed by atoms with Crippen molar-refractivity contribution in [3.05, 3.63) is 36.4 Å². The molecule has 198 valence electrons. The van der Waals surface area contributed by atoms with E-state index < -0.39 is 38.3 Å². The van der Waals surface area contributed by atoms with E-state index in [1.165, 1.54) is 6.07 Å². The van der Waals surface area contributed by atoms with Crippen LogP contribution in [-0.2, 0) is 34.4 Å². The van der Waals surface area contributed by atoms with Gasteiger partial charge in [0, 0.05) is 37.5 Å². The van der Waals surface area contributed by atoms with Crippen molar-refractivity contribution in [1.82, 2.24) is 14.1 Å². The van der Waals surface area contributed by atoms with Crippen LogP contribution in [0, 0.1) is 0 Å². The van der Waals surface area contributed by atoms with Crippen molar-refractivity contribution in [2.75, 3.05) is 39.6 Å². The van der Waals surface area contributed by atoms with Crippen molar-refractivity contribution >= 4 is 37.3 Å². The normalized spacial score (nSPS) is 22.3. The number of hydroxylamine groups is 1. The molecule has 2 aliphatic rings. The van der Waals surface area contributed by atoms with Crippen molar-refractivity contribution in [2.24, 2.45) is 0 Å². The average Bonchev–Trinajstić information content (AvgIpc) is 3.38. The smallest absolute Gasteiger partial charge is 0.263 e. The molecule has 11 nitrogen and oxygen atoms in total. The first kappa shape index (κ1) is 27.0. The number of methoxy groups -OCH3 is 1. The molecular weight excluding hydrogens is 530 g/mol. The molecule has 36 heavy (non-hydrogen) atoms. The zero-order valence-electron chi connectivity index (χ0n) is 20.0. The Hall–Kier alpha value is -2.07. The van der Waals surface area contributed by atoms with Gasteiger partial charge in [-0.25, -0.2) is 27.2 Å². The standard InChI is InChI=1S/C22H29N3O8S3/c1-31-17-8-6-16(7-9-17)19-10-11-21(34-19)36(29,30)25-13-12-24(35(2,27)28)15-18(25)22(26)23-33-20-5-3-4-14-32-20/h6-11,18,20H,3-5,12-15H2,1-2H3,(H,23,26). The minimum absolute atomic E-state index is 0.0513. The third-order valence-electron chi connectivity index (χ3n) is 6.01. The molecule has 0 radical (unpaired) electrons. The van der Waals surface area contributed by atoms with Gasteiger partial charge in [0.2, 0.25) is 10.0 Å². The van der Waals surface area contributed by atoms with E-state index in [1.54, 1.807) is 25.3 Å². The Balaban J connectivity index is 1.56. The van der Waals surface area contributed by atoms with Crippen LogP contribution in [0.25, 0.3) is 10.4 Å². The first-order valence-corrected chi connectivity index (χ1v) is 15.5. The second-order valence-electron chi connectivity index (χ2n) is 8.48. The third kappa shape index (κ3) is 6.07. The van der Waals surface area contributed by atoms with Crippen LogP contribution in [0.5, 0.6) is 5.75 Å². The van der Waals surface area contributed by atoms with E-state index in [-0.39, 0.29) is 23.8 Å². The molecule has 3 heterocycles. The molecule has 2 aliphatic heterocycles. The number of nitrogens with one attached hydrogen (secondary N) is 1. The van der Waals surface area contributed by atoms with Crippen LogP contribution in [0.15, 0.2) is 40.6 Å². The minimum Gasteiger partial charge on any atom is -0.497 e. The number of ether oxygens (including phenoxy) is 2. The lowest BCUT2D eigenvalue weighted by Gasteiger charge is -2.38. The van der Waals surface area contributed by atoms with Gasteiger partial charge in [0.1, 0.15) is 16.0 Å². The van der Waals surface area contributed by atoms with Crippen molar-refractivity contribution in [2.45, 2.75) is 35.8 Å². The summed E-state index contributed by atoms with van der Waals surface area (Å²) in [5.41, 5.74) is 3.11. The fraction of sp³-hybridized carbons (Fsp3) is 0.500. The topological polar surface area (TPSA) is 132 Å². The van der Waals surface area contributed by atoms with Crippen LogP contribution < -0.4 is 10.2 Å². The maximum atomic E-state index is 13.6. The molecule has 14 heteroatoms. The molecule has 2 unspecified atom stereocenters. The van der Waals surface area contributed by atoms with Gasteiger partial charge in [-0.15, -0.1) is 11.3 Å². The molecular formula is C22H29N3O8S3. The Kier molecular flexibility index (Phi) is 8.34. The van der Waals surface area contributed by atoms with Gasteiger partial charge in [-0.3, -0.25) is 4.79 Å². The molecule has 2 fully saturated rings. The highest BCUT2D eigenvalue weighted by Crippen LogP contribution is 2.34. The zero-order chi connectivity index (χ0) is 25.9. The number of hydrogen-bond acceptors (Lipinski definition) is 9. The number of carbonyl (C=O) groups excluding carboxylic acids is 1. The third-order valence-corrected chi connectivity index (χ3v) is 10.8. The number of piperazine rings is 1. The van der Waals surface area contributed by atoms with Crippen LogP contribution in [-0.4, -0.2) is 83.3 Å². The minimum atomic E-state index is -4.11. The van der Waals surface area contributed by atoms with Gasteiger partial charge in [-0.1, -0.05) is 0 Å². The molecule has 2 saturated heterocycles. The fourth-order valence-corrected chi connectivity index (χ4v) is 7.86. The van der Waals surface area contributed by atoms with Crippen molar-refractivity contribution in [3.8, 4) is 16.2 Å². The summed E-state index contributed by atoms with van der Waals surface area (Å²) >= 11 is 1.07. The lowest BCUT2D eigenvalue weighted by molar-refractivity contribution is -0.202. The summed E-state index contributed by atoms with van der Waals surface area (Å²) in [7, 11) is -6.19. The van der Waals surface area contributed by atoms with Crippen LogP contribution in [0.1, 0.15) is 19.3 Å². The molecule has 0 spiro atoms. The maximum Gasteiger partial charge on any atom is 0.263 e. The summed E-state index contributed by atoms with van der Waals surface area (Å²) in [6.07, 6.45) is 2.75. The summed E-state index contributed by atoms with van der Waals surface area (Å²) in [6.45, 7) is -0.0644. The van der Waals surface area contributed by atoms with Gasteiger partial charge >= 0.3 is 0 Å². The zero-order valence-corrected chi connectivity index (χ0v) is 22.4. The van der Waals surface area contributed by atoms with Crippen molar-refractivity contribution < 1.29 is 35.9 Å². The predicted octanol–water partition coefficient (Wildman–Crippen LogP) is 1.63. The summed E-state index contributed by atoms with van der Waals surface area (Å²) in [4.78, 5) is 19.1. The van der Waals surface area contributed by atoms with E-state index >= 15 is 0 Å². The number of nitrogens with zero attached hydrogens (tertiary/aromatic N) is 2. The molecule has 1 N–H and O–H groups in total. The largest absolute Gasteiger partial charge is 0.497 e. The van der Waals surface area contributed by atoms with Gasteiger partial charge in [0.05, 0.1) is 13.4 Å². The number of amides is 1. The quantitative estimate of drug-likeness (QED) is 0.483. The first-order chi connectivity index (χ1) is 17.1. The van der Waals surface area contributed by atoms with Gasteiger partial charge in [-0.05, 0) is 54.8 Å². The van der Waals surface area contributed by atoms with Crippen LogP contribution in [0.3, 0.4) is 0 Å². The second-order valence-corrected chi connectivity index (χ2v) is 13.7. The Morgan fingerprint density at radius 1 is 1.08 bits per heavy atom. The van der Waals surface area contributed by atoms with Gasteiger partial charge < -0.3 is 9.47 Å². The number of hydrogen-bond donors (Lipinski definition) is 1. The van der Waals surface area contributed by atoms with E-state index in [4.69, 9.17) is 14.3 Å². The van der Waals surface area contributed by atoms with Crippen molar-refractivity contribution in [3.63, 3.8) is 0 Å². The number of sulfonamides is 2. The van der Waals surface area contributed by atoms with E-state index in [1.807, 2.05) is 12.1 Å². The summed E-state index contributed by atoms with van der Waals surface area (Å²) in [5.74, 6) is -0.0744. The number of rotatable bonds is 8. The Morgan fingerprint density at radius 3 is 2.47 bits per heavy atom. The molecule has 4 rings (SSSR count). The van der Waals surface area contributed by atoms with E-state index in [2.05, 4.69) is 5.48 Å². The van der Waals surface area contributed by atoms with Gasteiger partial charge in [0.15, 0.2) is 6.29 Å². The Morgan fingerprint density at radius 2 is 1.83 bits per heavy atom. The lowest BCUT2D eigenvalue weighted by Crippen LogP contribution is -2.61. The molecule has 2 aromatic rings. The fourth-order valence-electron chi connectivity index (χ4n) is 4.02. The first-order valence-electron chi connectivity index (χ1n) is 11.4. The Labute approximate surface area is 215 Å². The SMILES string of the molecule is COc1ccc(-c2ccc(S(=O)(=O)N3CCN(S(C)(=O)=O)CC3C(=O)NOC3CCCCO3)s2)cc1. The van der Waals surface area contributed by atoms with Gasteiger partial charge in [0.25, 0.3) is 15.9 Å². The molecule has 1 aromatic carbocycles. The summed E-state index contributed by atoms with van der Waals surface area (Å²) in [6, 6.07) is 9.09. The van der Waals surface area contributed by atoms with E-state index in [9.17, 15) is 21.6 Å². The number of thiophene rings is 1. The molecule has 0 aliphatic carbocycles. The highest BCUT2D eigenvalue weighted by molar-refractivity contribution is 7.91. The van der Waals surface area contributed by atoms with E-state index in [0.29, 0.717) is 18.8 Å². The monoisotopic (exact) mass is 559 g/mol. The Bertz CT molecular complexity index is 1270. The molecule has 1 aromatic heterocycles. The lowest BCUT2D eigenvalue weighted by atomic mass is 10.2. The number of carbonyl (C=O) groups is 1. The average molecular weight is 560 g/mol. The second kappa shape index (κ2) is 11.1. The van der Waals surface area contributed by atoms with Crippen LogP contribution >= 0.6 is 11.3 Å². The molecule has 1 amide bonds. The molecule has 0 bridgehead atoms. The predicted molar refractivity (Wildman–Crippen MR) is 133 cm³/mol. The maximum absolute atomic E-state index is 13.6. The molecule has 0 saturated carbocycles. The van der Waals surface area contributed by atoms with Crippen molar-refractivity contribution in [1.29, 1.82) is 0 Å². The van der Waals surface area contributed by atoms with Gasteiger partial charge in [-0.2, -0.15) is 8.61 Å². The summed E-state index contributed by atoms with van der Waals surface area (Å²) < 4.78 is 64.3. The summed E-state index contributed by atoms with van der Waals surface area (Å²) in [5, 5.41) is 0. The highest BCUT2D eigenvalue weighted by Gasteiger charge is 2.43. The van der Waals surface area contributed by atoms with Crippen LogP contribution in [0.4, 0.5) is 0 Å². The van der Waals surface area contributed by atoms with E-state index in [0.717, 1.165) is 49.5 Å². The van der Waals surface area contributed by atoms with Crippen LogP contribution in [0.2, 0.25) is 0 Å². The highest BCUT2D eigenvalue weighted by atomic mass is 32.2. The molecule has 2 atom stereocenters.